The molecule has 0 unspecified atom stereocenters. The van der Waals surface area contributed by atoms with E-state index in [1.807, 2.05) is 18.2 Å². The highest BCUT2D eigenvalue weighted by Crippen LogP contribution is 2.28. The number of hydrogen-bond acceptors (Lipinski definition) is 9. The zero-order valence-corrected chi connectivity index (χ0v) is 24.3. The lowest BCUT2D eigenvalue weighted by molar-refractivity contribution is 0.551. The van der Waals surface area contributed by atoms with Gasteiger partial charge in [0.25, 0.3) is 0 Å². The predicted molar refractivity (Wildman–Crippen MR) is 144 cm³/mol. The lowest BCUT2D eigenvalue weighted by atomic mass is 10.2. The van der Waals surface area contributed by atoms with Crippen LogP contribution in [0.5, 0.6) is 0 Å². The van der Waals surface area contributed by atoms with Gasteiger partial charge in [0.05, 0.1) is 18.2 Å². The molecule has 0 radical (unpaired) electrons. The molecule has 0 saturated carbocycles. The van der Waals surface area contributed by atoms with Crippen molar-refractivity contribution in [3.63, 3.8) is 0 Å². The third kappa shape index (κ3) is 12.4. The zero-order chi connectivity index (χ0) is 29.2. The first kappa shape index (κ1) is 34.4. The maximum atomic E-state index is 13.3. The SMILES string of the molecule is N#CCCCCCNS(=O)(=O)c1cccc(S(=O)(=O)NCCCCCC#N)c1S(=O)(=O)NCCCCCC#N. The van der Waals surface area contributed by atoms with Crippen LogP contribution in [0.4, 0.5) is 0 Å². The van der Waals surface area contributed by atoms with Gasteiger partial charge in [0, 0.05) is 38.9 Å². The minimum Gasteiger partial charge on any atom is -0.211 e. The van der Waals surface area contributed by atoms with Gasteiger partial charge in [-0.05, 0) is 50.7 Å². The van der Waals surface area contributed by atoms with Crippen LogP contribution in [0.3, 0.4) is 0 Å². The Morgan fingerprint density at radius 1 is 0.513 bits per heavy atom. The number of hydrogen-bond donors (Lipinski definition) is 3. The second-order valence-electron chi connectivity index (χ2n) is 8.68. The lowest BCUT2D eigenvalue weighted by Gasteiger charge is -2.17. The van der Waals surface area contributed by atoms with E-state index in [9.17, 15) is 25.3 Å². The van der Waals surface area contributed by atoms with Gasteiger partial charge in [-0.25, -0.2) is 39.4 Å². The van der Waals surface area contributed by atoms with Gasteiger partial charge >= 0.3 is 0 Å². The molecule has 0 saturated heterocycles. The number of nitriles is 3. The molecule has 0 aliphatic carbocycles. The van der Waals surface area contributed by atoms with E-state index in [2.05, 4.69) is 14.2 Å². The van der Waals surface area contributed by atoms with Crippen LogP contribution in [0, 0.1) is 34.0 Å². The van der Waals surface area contributed by atoms with Crippen LogP contribution in [0.15, 0.2) is 32.9 Å². The number of benzene rings is 1. The van der Waals surface area contributed by atoms with E-state index in [0.717, 1.165) is 12.1 Å². The Balaban J connectivity index is 3.28. The normalized spacial score (nSPS) is 11.9. The smallest absolute Gasteiger partial charge is 0.211 e. The summed E-state index contributed by atoms with van der Waals surface area (Å²) in [6.07, 6.45) is 5.66. The Hall–Kier alpha value is -2.58. The largest absolute Gasteiger partial charge is 0.243 e. The second-order valence-corrected chi connectivity index (χ2v) is 13.9. The summed E-state index contributed by atoms with van der Waals surface area (Å²) < 4.78 is 86.2. The summed E-state index contributed by atoms with van der Waals surface area (Å²) in [4.78, 5) is -2.24. The number of rotatable bonds is 21. The highest BCUT2D eigenvalue weighted by atomic mass is 32.2. The quantitative estimate of drug-likeness (QED) is 0.177. The van der Waals surface area contributed by atoms with Crippen molar-refractivity contribution in [3.8, 4) is 18.2 Å². The minimum atomic E-state index is -4.59. The second kappa shape index (κ2) is 17.9. The number of nitrogens with one attached hydrogen (secondary N) is 3. The number of nitrogens with zero attached hydrogens (tertiary/aromatic N) is 3. The van der Waals surface area contributed by atoms with Crippen LogP contribution in [-0.2, 0) is 30.1 Å². The van der Waals surface area contributed by atoms with E-state index in [-0.39, 0.29) is 19.6 Å². The van der Waals surface area contributed by atoms with Gasteiger partial charge in [-0.1, -0.05) is 25.3 Å². The molecule has 0 amide bonds. The maximum Gasteiger partial charge on any atom is 0.243 e. The highest BCUT2D eigenvalue weighted by Gasteiger charge is 2.33. The van der Waals surface area contributed by atoms with Gasteiger partial charge < -0.3 is 0 Å². The molecule has 12 nitrogen and oxygen atoms in total. The van der Waals surface area contributed by atoms with Gasteiger partial charge in [-0.15, -0.1) is 0 Å². The molecule has 0 spiro atoms. The summed E-state index contributed by atoms with van der Waals surface area (Å²) in [6, 6.07) is 9.25. The van der Waals surface area contributed by atoms with Crippen molar-refractivity contribution in [2.75, 3.05) is 19.6 Å². The first-order chi connectivity index (χ1) is 18.5. The van der Waals surface area contributed by atoms with Gasteiger partial charge in [0.1, 0.15) is 14.7 Å². The van der Waals surface area contributed by atoms with Gasteiger partial charge in [0.15, 0.2) is 0 Å². The van der Waals surface area contributed by atoms with Crippen LogP contribution in [0.25, 0.3) is 0 Å². The molecule has 39 heavy (non-hydrogen) atoms. The topological polar surface area (TPSA) is 210 Å². The molecule has 1 aromatic rings. The molecule has 216 valence electrons. The summed E-state index contributed by atoms with van der Waals surface area (Å²) >= 11 is 0. The van der Waals surface area contributed by atoms with Crippen LogP contribution in [-0.4, -0.2) is 44.9 Å². The lowest BCUT2D eigenvalue weighted by Crippen LogP contribution is -2.33. The fourth-order valence-electron chi connectivity index (χ4n) is 3.55. The van der Waals surface area contributed by atoms with Crippen LogP contribution in [0.1, 0.15) is 77.0 Å². The molecule has 15 heteroatoms. The summed E-state index contributed by atoms with van der Waals surface area (Å²) in [5, 5.41) is 25.9. The fraction of sp³-hybridized carbons (Fsp3) is 0.625. The maximum absolute atomic E-state index is 13.3. The fourth-order valence-corrected chi connectivity index (χ4v) is 8.51. The van der Waals surface area contributed by atoms with E-state index in [4.69, 9.17) is 15.8 Å². The monoisotopic (exact) mass is 600 g/mol. The summed E-state index contributed by atoms with van der Waals surface area (Å²) in [5.74, 6) is 0. The van der Waals surface area contributed by atoms with E-state index in [1.54, 1.807) is 0 Å². The number of sulfonamides is 3. The summed E-state index contributed by atoms with van der Waals surface area (Å²) in [5.41, 5.74) is 0. The standard InChI is InChI=1S/C24H36N6O6S3/c25-16-7-1-4-10-19-28-37(31,32)22-14-13-15-23(38(33,34)29-20-11-5-2-8-17-26)24(22)39(35,36)30-21-12-6-3-9-18-27/h13-15,28-30H,1-12,19-21H2. The molecular formula is C24H36N6O6S3. The molecule has 1 aromatic carbocycles. The van der Waals surface area contributed by atoms with Crippen LogP contribution < -0.4 is 14.2 Å². The van der Waals surface area contributed by atoms with E-state index >= 15 is 0 Å². The van der Waals surface area contributed by atoms with Crippen molar-refractivity contribution in [2.24, 2.45) is 0 Å². The van der Waals surface area contributed by atoms with Crippen LogP contribution in [0.2, 0.25) is 0 Å². The third-order valence-corrected chi connectivity index (χ3v) is 10.4. The van der Waals surface area contributed by atoms with Crippen molar-refractivity contribution in [1.82, 2.24) is 14.2 Å². The first-order valence-corrected chi connectivity index (χ1v) is 17.2. The summed E-state index contributed by atoms with van der Waals surface area (Å²) in [6.45, 7) is -0.102. The molecule has 0 aliphatic rings. The Bertz CT molecular complexity index is 1280. The van der Waals surface area contributed by atoms with Crippen molar-refractivity contribution in [3.05, 3.63) is 18.2 Å². The van der Waals surface area contributed by atoms with Gasteiger partial charge in [-0.2, -0.15) is 15.8 Å². The summed E-state index contributed by atoms with van der Waals surface area (Å²) in [7, 11) is -13.4. The van der Waals surface area contributed by atoms with Gasteiger partial charge in [0.2, 0.25) is 30.1 Å². The number of unbranched alkanes of at least 4 members (excludes halogenated alkanes) is 9. The third-order valence-electron chi connectivity index (χ3n) is 5.56. The first-order valence-electron chi connectivity index (χ1n) is 12.8. The molecule has 0 bridgehead atoms. The molecule has 0 fully saturated rings. The van der Waals surface area contributed by atoms with E-state index in [0.29, 0.717) is 77.0 Å². The molecule has 3 N–H and O–H groups in total. The molecule has 0 atom stereocenters. The zero-order valence-electron chi connectivity index (χ0n) is 21.9. The Labute approximate surface area is 232 Å². The van der Waals surface area contributed by atoms with Crippen molar-refractivity contribution < 1.29 is 25.3 Å². The Kier molecular flexibility index (Phi) is 15.8. The average molecular weight is 601 g/mol. The van der Waals surface area contributed by atoms with E-state index in [1.165, 1.54) is 6.07 Å². The predicted octanol–water partition coefficient (Wildman–Crippen LogP) is 2.77. The molecule has 1 rings (SSSR count). The van der Waals surface area contributed by atoms with Crippen molar-refractivity contribution >= 4 is 30.1 Å². The van der Waals surface area contributed by atoms with Gasteiger partial charge in [-0.3, -0.25) is 0 Å². The van der Waals surface area contributed by atoms with E-state index < -0.39 is 44.8 Å². The average Bonchev–Trinajstić information content (AvgIpc) is 2.89. The van der Waals surface area contributed by atoms with Crippen LogP contribution >= 0.6 is 0 Å². The highest BCUT2D eigenvalue weighted by molar-refractivity contribution is 7.94. The Morgan fingerprint density at radius 3 is 1.18 bits per heavy atom. The molecule has 0 aliphatic heterocycles. The van der Waals surface area contributed by atoms with Crippen molar-refractivity contribution in [1.29, 1.82) is 15.8 Å². The minimum absolute atomic E-state index is 0.0164. The molecule has 0 aromatic heterocycles. The molecular weight excluding hydrogens is 565 g/mol. The molecule has 0 heterocycles. The van der Waals surface area contributed by atoms with Crippen molar-refractivity contribution in [2.45, 2.75) is 91.7 Å². The Morgan fingerprint density at radius 2 is 0.846 bits per heavy atom.